The number of aliphatic hydroxyl groups is 3. The maximum Gasteiger partial charge on any atom is 0.102 e. The summed E-state index contributed by atoms with van der Waals surface area (Å²) in [5.74, 6) is -0.0729. The van der Waals surface area contributed by atoms with Crippen LogP contribution in [0.5, 0.6) is 0 Å². The molecule has 7 rings (SSSR count). The van der Waals surface area contributed by atoms with Crippen molar-refractivity contribution in [2.24, 2.45) is 17.3 Å². The summed E-state index contributed by atoms with van der Waals surface area (Å²) in [5, 5.41) is 43.8. The van der Waals surface area contributed by atoms with E-state index in [1.54, 1.807) is 6.20 Å². The lowest BCUT2D eigenvalue weighted by Gasteiger charge is -2.65. The smallest absolute Gasteiger partial charge is 0.102 e. The second-order valence-corrected chi connectivity index (χ2v) is 12.7. The van der Waals surface area contributed by atoms with Gasteiger partial charge >= 0.3 is 0 Å². The first-order chi connectivity index (χ1) is 17.1. The number of aromatic nitrogens is 2. The highest BCUT2D eigenvalue weighted by Gasteiger charge is 2.76. The maximum atomic E-state index is 12.3. The lowest BCUT2D eigenvalue weighted by molar-refractivity contribution is -0.331. The second kappa shape index (κ2) is 7.35. The molecule has 7 heteroatoms. The van der Waals surface area contributed by atoms with Crippen LogP contribution in [-0.2, 0) is 4.74 Å². The fourth-order valence-electron chi connectivity index (χ4n) is 9.21. The van der Waals surface area contributed by atoms with Gasteiger partial charge in [0.1, 0.15) is 5.60 Å². The minimum absolute atomic E-state index is 0.105. The van der Waals surface area contributed by atoms with Crippen LogP contribution in [0.25, 0.3) is 16.5 Å². The number of allylic oxidation sites excluding steroid dienone is 2. The molecule has 0 radical (unpaired) electrons. The largest absolute Gasteiger partial charge is 0.390 e. The van der Waals surface area contributed by atoms with Crippen LogP contribution in [0, 0.1) is 17.3 Å². The summed E-state index contributed by atoms with van der Waals surface area (Å²) in [4.78, 5) is 2.01. The van der Waals surface area contributed by atoms with Crippen molar-refractivity contribution in [3.8, 4) is 0 Å². The quantitative estimate of drug-likeness (QED) is 0.594. The molecule has 3 heterocycles. The molecule has 0 amide bonds. The van der Waals surface area contributed by atoms with E-state index in [0.717, 1.165) is 36.6 Å². The van der Waals surface area contributed by atoms with Crippen LogP contribution < -0.4 is 0 Å². The highest BCUT2D eigenvalue weighted by Crippen LogP contribution is 2.71. The summed E-state index contributed by atoms with van der Waals surface area (Å²) in [6.07, 6.45) is 7.60. The summed E-state index contributed by atoms with van der Waals surface area (Å²) in [6, 6.07) is 8.27. The Balaban J connectivity index is 1.27. The topological polar surface area (TPSA) is 98.9 Å². The molecule has 7 nitrogen and oxygen atoms in total. The minimum atomic E-state index is -0.990. The van der Waals surface area contributed by atoms with E-state index in [1.165, 1.54) is 11.1 Å². The number of fused-ring (bicyclic) bond motifs is 2. The number of hydrogen-bond donors (Lipinski definition) is 3. The molecule has 2 bridgehead atoms. The number of benzene rings is 1. The van der Waals surface area contributed by atoms with E-state index in [4.69, 9.17) is 4.74 Å². The second-order valence-electron chi connectivity index (χ2n) is 12.7. The van der Waals surface area contributed by atoms with Crippen molar-refractivity contribution in [2.75, 3.05) is 14.1 Å². The minimum Gasteiger partial charge on any atom is -0.390 e. The Labute approximate surface area is 212 Å². The monoisotopic (exact) mass is 491 g/mol. The van der Waals surface area contributed by atoms with Gasteiger partial charge in [-0.05, 0) is 93.8 Å². The highest BCUT2D eigenvalue weighted by molar-refractivity contribution is 5.84. The van der Waals surface area contributed by atoms with Crippen molar-refractivity contribution < 1.29 is 20.1 Å². The van der Waals surface area contributed by atoms with Gasteiger partial charge in [-0.2, -0.15) is 10.2 Å². The maximum absolute atomic E-state index is 12.3. The number of likely N-dealkylation sites (N-methyl/N-ethyl adjacent to an activating group) is 1. The van der Waals surface area contributed by atoms with Crippen LogP contribution in [0.2, 0.25) is 0 Å². The molecule has 2 spiro atoms. The van der Waals surface area contributed by atoms with E-state index in [9.17, 15) is 15.3 Å². The molecular weight excluding hydrogens is 454 g/mol. The molecule has 2 aromatic rings. The first kappa shape index (κ1) is 23.2. The van der Waals surface area contributed by atoms with Gasteiger partial charge in [0, 0.05) is 23.3 Å². The van der Waals surface area contributed by atoms with E-state index < -0.39 is 29.0 Å². The van der Waals surface area contributed by atoms with Crippen LogP contribution in [-0.4, -0.2) is 79.6 Å². The highest BCUT2D eigenvalue weighted by atomic mass is 16.6. The van der Waals surface area contributed by atoms with Crippen molar-refractivity contribution in [2.45, 2.75) is 86.9 Å². The predicted molar refractivity (Wildman–Crippen MR) is 136 cm³/mol. The zero-order valence-corrected chi connectivity index (χ0v) is 21.4. The van der Waals surface area contributed by atoms with Crippen molar-refractivity contribution in [1.82, 2.24) is 15.1 Å². The fourth-order valence-corrected chi connectivity index (χ4v) is 9.21. The molecule has 3 N–H and O–H groups in total. The van der Waals surface area contributed by atoms with Gasteiger partial charge in [-0.1, -0.05) is 19.1 Å². The SMILES string of the molecule is CN(C)[C@H]1C[C@@]23CC[C@]4(O2)C2CC=C(c5ccc6nnccc6c5)[C@@]2(C)CCC4(O)CC3[C@@H](O)[C@@H]1O. The Morgan fingerprint density at radius 3 is 2.67 bits per heavy atom. The van der Waals surface area contributed by atoms with Crippen molar-refractivity contribution in [1.29, 1.82) is 0 Å². The Kier molecular flexibility index (Phi) is 4.75. The lowest BCUT2D eigenvalue weighted by atomic mass is 9.51. The van der Waals surface area contributed by atoms with Crippen molar-refractivity contribution in [3.05, 3.63) is 42.1 Å². The van der Waals surface area contributed by atoms with Gasteiger partial charge in [0.2, 0.25) is 0 Å². The van der Waals surface area contributed by atoms with Gasteiger partial charge in [-0.3, -0.25) is 0 Å². The molecule has 2 saturated carbocycles. The average molecular weight is 492 g/mol. The van der Waals surface area contributed by atoms with E-state index in [2.05, 4.69) is 41.4 Å². The van der Waals surface area contributed by atoms with Gasteiger partial charge in [0.15, 0.2) is 0 Å². The summed E-state index contributed by atoms with van der Waals surface area (Å²) in [6.45, 7) is 2.36. The third kappa shape index (κ3) is 2.76. The van der Waals surface area contributed by atoms with Gasteiger partial charge < -0.3 is 25.0 Å². The van der Waals surface area contributed by atoms with E-state index >= 15 is 0 Å². The molecule has 4 fully saturated rings. The van der Waals surface area contributed by atoms with Crippen LogP contribution >= 0.6 is 0 Å². The van der Waals surface area contributed by atoms with Crippen LogP contribution in [0.3, 0.4) is 0 Å². The molecule has 5 aliphatic rings. The molecule has 9 atom stereocenters. The summed E-state index contributed by atoms with van der Waals surface area (Å²) >= 11 is 0. The van der Waals surface area contributed by atoms with E-state index in [0.29, 0.717) is 19.3 Å². The van der Waals surface area contributed by atoms with E-state index in [1.807, 2.05) is 25.1 Å². The zero-order valence-electron chi connectivity index (χ0n) is 21.4. The van der Waals surface area contributed by atoms with Gasteiger partial charge in [0.05, 0.1) is 35.1 Å². The molecule has 3 unspecified atom stereocenters. The first-order valence-electron chi connectivity index (χ1n) is 13.5. The van der Waals surface area contributed by atoms with Crippen LogP contribution in [0.15, 0.2) is 36.5 Å². The molecule has 2 saturated heterocycles. The van der Waals surface area contributed by atoms with Gasteiger partial charge in [0.25, 0.3) is 0 Å². The number of hydrogen-bond acceptors (Lipinski definition) is 7. The molecule has 1 aromatic heterocycles. The first-order valence-corrected chi connectivity index (χ1v) is 13.5. The number of nitrogens with zero attached hydrogens (tertiary/aromatic N) is 3. The van der Waals surface area contributed by atoms with E-state index in [-0.39, 0.29) is 23.3 Å². The van der Waals surface area contributed by atoms with Crippen molar-refractivity contribution in [3.63, 3.8) is 0 Å². The molecular formula is C29H37N3O4. The Hall–Kier alpha value is -1.90. The van der Waals surface area contributed by atoms with Crippen molar-refractivity contribution >= 4 is 16.5 Å². The van der Waals surface area contributed by atoms with Gasteiger partial charge in [-0.25, -0.2) is 0 Å². The zero-order chi connectivity index (χ0) is 25.1. The summed E-state index contributed by atoms with van der Waals surface area (Å²) < 4.78 is 7.22. The third-order valence-corrected chi connectivity index (χ3v) is 11.1. The lowest BCUT2D eigenvalue weighted by Crippen LogP contribution is -2.73. The Bertz CT molecular complexity index is 1270. The number of ether oxygens (including phenoxy) is 1. The molecule has 3 aliphatic carbocycles. The summed E-state index contributed by atoms with van der Waals surface area (Å²) in [5.41, 5.74) is 1.24. The number of aliphatic hydroxyl groups excluding tert-OH is 2. The van der Waals surface area contributed by atoms with Crippen LogP contribution in [0.1, 0.15) is 57.4 Å². The third-order valence-electron chi connectivity index (χ3n) is 11.1. The molecule has 36 heavy (non-hydrogen) atoms. The molecule has 1 aromatic carbocycles. The average Bonchev–Trinajstić information content (AvgIpc) is 3.39. The Morgan fingerprint density at radius 1 is 1.03 bits per heavy atom. The fraction of sp³-hybridized carbons (Fsp3) is 0.655. The molecule has 2 aliphatic heterocycles. The standard InChI is InChI=1S/C29H37N3O4/c1-26-9-11-28(35)15-20-24(33)25(34)22(32(2)3)16-27(20)10-12-29(28,36-27)23(26)7-5-19(26)17-4-6-21-18(14-17)8-13-30-31-21/h4-6,8,13-14,20,22-25,33-35H,7,9-12,15-16H2,1-3H3/t20?,22-,23?,24+,25+,26+,27+,28?,29-/m0/s1. The van der Waals surface area contributed by atoms with Gasteiger partial charge in [-0.15, -0.1) is 0 Å². The Morgan fingerprint density at radius 2 is 1.86 bits per heavy atom. The molecule has 192 valence electrons. The van der Waals surface area contributed by atoms with Crippen LogP contribution in [0.4, 0.5) is 0 Å². The predicted octanol–water partition coefficient (Wildman–Crippen LogP) is 2.93. The normalized spacial score (nSPS) is 47.4. The number of rotatable bonds is 2. The summed E-state index contributed by atoms with van der Waals surface area (Å²) in [7, 11) is 3.92.